The molecule has 2 aromatic rings. The van der Waals surface area contributed by atoms with Gasteiger partial charge in [0.25, 0.3) is 0 Å². The maximum absolute atomic E-state index is 7.00. The van der Waals surface area contributed by atoms with Gasteiger partial charge in [-0.3, -0.25) is 0 Å². The molecule has 0 bridgehead atoms. The highest BCUT2D eigenvalue weighted by molar-refractivity contribution is 9.10. The molecule has 0 aliphatic carbocycles. The average molecular weight is 365 g/mol. The van der Waals surface area contributed by atoms with E-state index in [9.17, 15) is 0 Å². The van der Waals surface area contributed by atoms with Gasteiger partial charge in [0.1, 0.15) is 10.8 Å². The van der Waals surface area contributed by atoms with Crippen molar-refractivity contribution in [3.8, 4) is 0 Å². The molecular formula is C12H12BrCl2N3O. The molecule has 0 spiro atoms. The zero-order valence-electron chi connectivity index (χ0n) is 10.1. The molecule has 0 aliphatic rings. The van der Waals surface area contributed by atoms with Crippen molar-refractivity contribution in [1.82, 2.24) is 9.97 Å². The molecule has 0 saturated carbocycles. The lowest BCUT2D eigenvalue weighted by molar-refractivity contribution is 0.399. The maximum Gasteiger partial charge on any atom is 0.224 e. The number of aliphatic hydroxyl groups is 1. The fraction of sp³-hybridized carbons (Fsp3) is 0.167. The minimum absolute atomic E-state index is 0.172. The molecule has 19 heavy (non-hydrogen) atoms. The van der Waals surface area contributed by atoms with Crippen molar-refractivity contribution in [3.05, 3.63) is 50.8 Å². The molecule has 0 aliphatic heterocycles. The minimum Gasteiger partial charge on any atom is -0.400 e. The van der Waals surface area contributed by atoms with Gasteiger partial charge in [-0.15, -0.1) is 0 Å². The zero-order chi connectivity index (χ0) is 14.3. The van der Waals surface area contributed by atoms with E-state index >= 15 is 0 Å². The zero-order valence-corrected chi connectivity index (χ0v) is 13.2. The van der Waals surface area contributed by atoms with E-state index in [-0.39, 0.29) is 5.28 Å². The van der Waals surface area contributed by atoms with Crippen LogP contribution in [0.3, 0.4) is 0 Å². The lowest BCUT2D eigenvalue weighted by Gasteiger charge is -2.07. The van der Waals surface area contributed by atoms with Gasteiger partial charge in [0.05, 0.1) is 6.20 Å². The largest absolute Gasteiger partial charge is 0.400 e. The SMILES string of the molecule is CO.Clc1ncc(Cl)c(NCc2cccc(Br)c2)n1. The van der Waals surface area contributed by atoms with Gasteiger partial charge in [0.15, 0.2) is 0 Å². The van der Waals surface area contributed by atoms with Crippen molar-refractivity contribution in [2.45, 2.75) is 6.54 Å². The van der Waals surface area contributed by atoms with E-state index in [4.69, 9.17) is 28.3 Å². The van der Waals surface area contributed by atoms with E-state index in [0.717, 1.165) is 17.1 Å². The van der Waals surface area contributed by atoms with Crippen LogP contribution >= 0.6 is 39.1 Å². The van der Waals surface area contributed by atoms with Crippen LogP contribution < -0.4 is 5.32 Å². The Labute approximate surface area is 129 Å². The summed E-state index contributed by atoms with van der Waals surface area (Å²) in [7, 11) is 1.00. The second kappa shape index (κ2) is 8.32. The summed E-state index contributed by atoms with van der Waals surface area (Å²) in [6.45, 7) is 0.618. The van der Waals surface area contributed by atoms with Crippen LogP contribution in [-0.4, -0.2) is 22.2 Å². The van der Waals surface area contributed by atoms with Crippen molar-refractivity contribution in [2.24, 2.45) is 0 Å². The summed E-state index contributed by atoms with van der Waals surface area (Å²) in [5, 5.41) is 10.7. The molecule has 0 atom stereocenters. The number of hydrogen-bond acceptors (Lipinski definition) is 4. The first-order valence-corrected chi connectivity index (χ1v) is 6.81. The van der Waals surface area contributed by atoms with Crippen molar-refractivity contribution in [3.63, 3.8) is 0 Å². The number of rotatable bonds is 3. The van der Waals surface area contributed by atoms with E-state index in [1.807, 2.05) is 24.3 Å². The van der Waals surface area contributed by atoms with Gasteiger partial charge in [-0.1, -0.05) is 39.7 Å². The van der Waals surface area contributed by atoms with Crippen LogP contribution in [0.4, 0.5) is 5.82 Å². The second-order valence-corrected chi connectivity index (χ2v) is 4.98. The fourth-order valence-corrected chi connectivity index (χ4v) is 2.04. The van der Waals surface area contributed by atoms with Gasteiger partial charge in [-0.2, -0.15) is 4.98 Å². The van der Waals surface area contributed by atoms with Crippen LogP contribution in [0.15, 0.2) is 34.9 Å². The maximum atomic E-state index is 7.00. The highest BCUT2D eigenvalue weighted by atomic mass is 79.9. The quantitative estimate of drug-likeness (QED) is 0.814. The summed E-state index contributed by atoms with van der Waals surface area (Å²) >= 11 is 15.0. The molecular weight excluding hydrogens is 353 g/mol. The predicted octanol–water partition coefficient (Wildman–Crippen LogP) is 3.77. The van der Waals surface area contributed by atoms with Gasteiger partial charge in [-0.25, -0.2) is 4.98 Å². The summed E-state index contributed by atoms with van der Waals surface area (Å²) in [5.41, 5.74) is 1.12. The summed E-state index contributed by atoms with van der Waals surface area (Å²) in [6.07, 6.45) is 1.47. The summed E-state index contributed by atoms with van der Waals surface area (Å²) in [4.78, 5) is 7.79. The molecule has 0 amide bonds. The Hall–Kier alpha value is -0.880. The molecule has 1 heterocycles. The summed E-state index contributed by atoms with van der Waals surface area (Å²) in [6, 6.07) is 7.96. The number of aliphatic hydroxyl groups excluding tert-OH is 1. The van der Waals surface area contributed by atoms with E-state index in [0.29, 0.717) is 17.4 Å². The van der Waals surface area contributed by atoms with E-state index in [1.165, 1.54) is 6.20 Å². The Kier molecular flexibility index (Phi) is 7.09. The van der Waals surface area contributed by atoms with Crippen LogP contribution in [0.5, 0.6) is 0 Å². The van der Waals surface area contributed by atoms with Crippen molar-refractivity contribution < 1.29 is 5.11 Å². The van der Waals surface area contributed by atoms with Gasteiger partial charge in [0.2, 0.25) is 5.28 Å². The molecule has 102 valence electrons. The van der Waals surface area contributed by atoms with Gasteiger partial charge in [0, 0.05) is 18.1 Å². The monoisotopic (exact) mass is 363 g/mol. The Morgan fingerprint density at radius 3 is 2.74 bits per heavy atom. The third kappa shape index (κ3) is 5.32. The van der Waals surface area contributed by atoms with Crippen molar-refractivity contribution in [2.75, 3.05) is 12.4 Å². The fourth-order valence-electron chi connectivity index (χ4n) is 1.30. The predicted molar refractivity (Wildman–Crippen MR) is 81.7 cm³/mol. The van der Waals surface area contributed by atoms with Crippen LogP contribution in [0.1, 0.15) is 5.56 Å². The Bertz CT molecular complexity index is 540. The molecule has 1 aromatic heterocycles. The molecule has 0 saturated heterocycles. The number of benzene rings is 1. The highest BCUT2D eigenvalue weighted by Crippen LogP contribution is 2.20. The van der Waals surface area contributed by atoms with Crippen LogP contribution in [0.25, 0.3) is 0 Å². The molecule has 2 N–H and O–H groups in total. The first-order chi connectivity index (χ1) is 9.15. The van der Waals surface area contributed by atoms with E-state index < -0.39 is 0 Å². The Morgan fingerprint density at radius 1 is 1.32 bits per heavy atom. The molecule has 0 unspecified atom stereocenters. The number of halogens is 3. The van der Waals surface area contributed by atoms with Gasteiger partial charge >= 0.3 is 0 Å². The molecule has 4 nitrogen and oxygen atoms in total. The standard InChI is InChI=1S/C11H8BrCl2N3.CH4O/c12-8-3-1-2-7(4-8)5-15-10-9(13)6-16-11(14)17-10;1-2/h1-4,6H,5H2,(H,15,16,17);2H,1H3. The lowest BCUT2D eigenvalue weighted by atomic mass is 10.2. The van der Waals surface area contributed by atoms with Crippen LogP contribution in [0, 0.1) is 0 Å². The third-order valence-corrected chi connectivity index (χ3v) is 3.02. The minimum atomic E-state index is 0.172. The number of anilines is 1. The van der Waals surface area contributed by atoms with E-state index in [2.05, 4.69) is 31.2 Å². The van der Waals surface area contributed by atoms with Crippen molar-refractivity contribution >= 4 is 44.9 Å². The van der Waals surface area contributed by atoms with E-state index in [1.54, 1.807) is 0 Å². The Balaban J connectivity index is 0.000000861. The lowest BCUT2D eigenvalue weighted by Crippen LogP contribution is -2.02. The highest BCUT2D eigenvalue weighted by Gasteiger charge is 2.03. The molecule has 0 fully saturated rings. The topological polar surface area (TPSA) is 58.0 Å². The molecule has 0 radical (unpaired) electrons. The van der Waals surface area contributed by atoms with Gasteiger partial charge in [-0.05, 0) is 29.3 Å². The number of nitrogens with zero attached hydrogens (tertiary/aromatic N) is 2. The summed E-state index contributed by atoms with van der Waals surface area (Å²) in [5.74, 6) is 0.534. The first-order valence-electron chi connectivity index (χ1n) is 5.26. The summed E-state index contributed by atoms with van der Waals surface area (Å²) < 4.78 is 1.03. The smallest absolute Gasteiger partial charge is 0.224 e. The normalized spacial score (nSPS) is 9.53. The average Bonchev–Trinajstić information content (AvgIpc) is 2.42. The number of nitrogens with one attached hydrogen (secondary N) is 1. The third-order valence-electron chi connectivity index (χ3n) is 2.06. The molecule has 1 aromatic carbocycles. The Morgan fingerprint density at radius 2 is 2.05 bits per heavy atom. The van der Waals surface area contributed by atoms with Crippen LogP contribution in [-0.2, 0) is 6.54 Å². The molecule has 7 heteroatoms. The number of aromatic nitrogens is 2. The van der Waals surface area contributed by atoms with Crippen molar-refractivity contribution in [1.29, 1.82) is 0 Å². The second-order valence-electron chi connectivity index (χ2n) is 3.32. The first kappa shape index (κ1) is 16.2. The van der Waals surface area contributed by atoms with Gasteiger partial charge < -0.3 is 10.4 Å². The number of hydrogen-bond donors (Lipinski definition) is 2. The molecule has 2 rings (SSSR count). The van der Waals surface area contributed by atoms with Crippen LogP contribution in [0.2, 0.25) is 10.3 Å².